The molecule has 0 spiro atoms. The molecule has 3 aromatic rings. The Labute approximate surface area is 138 Å². The molecule has 0 fully saturated rings. The molecule has 1 amide bonds. The Morgan fingerprint density at radius 2 is 2.00 bits per heavy atom. The van der Waals surface area contributed by atoms with Crippen LogP contribution in [0.4, 0.5) is 0 Å². The van der Waals surface area contributed by atoms with Gasteiger partial charge in [-0.2, -0.15) is 5.10 Å². The Hall–Kier alpha value is -2.66. The minimum atomic E-state index is -0.160. The van der Waals surface area contributed by atoms with Crippen LogP contribution in [0.5, 0.6) is 0 Å². The summed E-state index contributed by atoms with van der Waals surface area (Å²) in [6.07, 6.45) is 1.74. The number of carbonyl (C=O) groups excluding carboxylic acids is 1. The van der Waals surface area contributed by atoms with Crippen LogP contribution >= 0.6 is 11.6 Å². The van der Waals surface area contributed by atoms with E-state index in [1.54, 1.807) is 35.1 Å². The second kappa shape index (κ2) is 6.62. The lowest BCUT2D eigenvalue weighted by Gasteiger charge is -2.03. The highest BCUT2D eigenvalue weighted by Gasteiger charge is 2.10. The van der Waals surface area contributed by atoms with Gasteiger partial charge in [0.1, 0.15) is 0 Å². The van der Waals surface area contributed by atoms with Crippen molar-refractivity contribution in [3.05, 3.63) is 71.0 Å². The molecule has 6 heteroatoms. The minimum Gasteiger partial charge on any atom is -0.346 e. The molecular weight excluding hydrogens is 312 g/mol. The number of pyridine rings is 1. The smallest absolute Gasteiger partial charge is 0.251 e. The monoisotopic (exact) mass is 326 g/mol. The topological polar surface area (TPSA) is 59.8 Å². The molecule has 0 bridgehead atoms. The number of hydrogen-bond acceptors (Lipinski definition) is 3. The molecule has 2 heterocycles. The van der Waals surface area contributed by atoms with Crippen molar-refractivity contribution in [3.8, 4) is 11.4 Å². The number of aryl methyl sites for hydroxylation is 1. The summed E-state index contributed by atoms with van der Waals surface area (Å²) in [5.41, 5.74) is 3.09. The maximum atomic E-state index is 12.1. The third-order valence-corrected chi connectivity index (χ3v) is 3.65. The molecule has 0 saturated heterocycles. The zero-order valence-corrected chi connectivity index (χ0v) is 13.3. The summed E-state index contributed by atoms with van der Waals surface area (Å²) in [5, 5.41) is 7.86. The summed E-state index contributed by atoms with van der Waals surface area (Å²) in [6, 6.07) is 14.4. The summed E-state index contributed by atoms with van der Waals surface area (Å²) in [5.74, 6) is -0.160. The van der Waals surface area contributed by atoms with E-state index < -0.39 is 0 Å². The summed E-state index contributed by atoms with van der Waals surface area (Å²) in [7, 11) is 1.86. The number of nitrogens with zero attached hydrogens (tertiary/aromatic N) is 3. The molecule has 0 saturated carbocycles. The fourth-order valence-corrected chi connectivity index (χ4v) is 2.37. The number of halogens is 1. The predicted octanol–water partition coefficient (Wildman–Crippen LogP) is 3.07. The molecule has 5 nitrogen and oxygen atoms in total. The minimum absolute atomic E-state index is 0.160. The molecule has 1 N–H and O–H groups in total. The fourth-order valence-electron chi connectivity index (χ4n) is 2.24. The summed E-state index contributed by atoms with van der Waals surface area (Å²) >= 11 is 5.82. The zero-order valence-electron chi connectivity index (χ0n) is 12.5. The number of nitrogens with one attached hydrogen (secondary N) is 1. The largest absolute Gasteiger partial charge is 0.346 e. The van der Waals surface area contributed by atoms with Crippen LogP contribution < -0.4 is 5.32 Å². The van der Waals surface area contributed by atoms with Crippen LogP contribution in [-0.4, -0.2) is 20.7 Å². The fraction of sp³-hybridized carbons (Fsp3) is 0.118. The van der Waals surface area contributed by atoms with Crippen LogP contribution in [0.15, 0.2) is 54.7 Å². The van der Waals surface area contributed by atoms with Gasteiger partial charge in [0.15, 0.2) is 0 Å². The Kier molecular flexibility index (Phi) is 4.39. The van der Waals surface area contributed by atoms with Gasteiger partial charge in [-0.05, 0) is 42.5 Å². The lowest BCUT2D eigenvalue weighted by atomic mass is 10.2. The van der Waals surface area contributed by atoms with Gasteiger partial charge in [0.25, 0.3) is 5.91 Å². The highest BCUT2D eigenvalue weighted by atomic mass is 35.5. The lowest BCUT2D eigenvalue weighted by molar-refractivity contribution is 0.0950. The maximum absolute atomic E-state index is 12.1. The summed E-state index contributed by atoms with van der Waals surface area (Å²) in [4.78, 5) is 16.4. The molecule has 1 aromatic carbocycles. The van der Waals surface area contributed by atoms with Crippen molar-refractivity contribution in [2.45, 2.75) is 6.54 Å². The number of hydrogen-bond donors (Lipinski definition) is 1. The first-order valence-corrected chi connectivity index (χ1v) is 7.49. The molecule has 0 radical (unpaired) electrons. The van der Waals surface area contributed by atoms with Crippen molar-refractivity contribution in [1.82, 2.24) is 20.1 Å². The number of amides is 1. The molecule has 2 aromatic heterocycles. The Balaban J connectivity index is 1.69. The van der Waals surface area contributed by atoms with Gasteiger partial charge in [-0.15, -0.1) is 0 Å². The molecule has 0 aliphatic carbocycles. The van der Waals surface area contributed by atoms with Gasteiger partial charge in [0, 0.05) is 23.8 Å². The van der Waals surface area contributed by atoms with E-state index in [-0.39, 0.29) is 5.91 Å². The van der Waals surface area contributed by atoms with Crippen LogP contribution in [0.3, 0.4) is 0 Å². The Morgan fingerprint density at radius 3 is 2.70 bits per heavy atom. The van der Waals surface area contributed by atoms with E-state index in [2.05, 4.69) is 15.4 Å². The highest BCUT2D eigenvalue weighted by Crippen LogP contribution is 2.17. The summed E-state index contributed by atoms with van der Waals surface area (Å²) < 4.78 is 1.76. The van der Waals surface area contributed by atoms with Crippen LogP contribution in [-0.2, 0) is 13.6 Å². The van der Waals surface area contributed by atoms with Gasteiger partial charge in [0.05, 0.1) is 23.6 Å². The van der Waals surface area contributed by atoms with Gasteiger partial charge < -0.3 is 5.32 Å². The normalized spacial score (nSPS) is 10.5. The van der Waals surface area contributed by atoms with E-state index in [4.69, 9.17) is 11.6 Å². The molecule has 0 atom stereocenters. The number of rotatable bonds is 4. The lowest BCUT2D eigenvalue weighted by Crippen LogP contribution is -2.22. The van der Waals surface area contributed by atoms with Gasteiger partial charge in [-0.3, -0.25) is 14.5 Å². The van der Waals surface area contributed by atoms with E-state index in [0.29, 0.717) is 17.1 Å². The van der Waals surface area contributed by atoms with E-state index in [0.717, 1.165) is 17.1 Å². The van der Waals surface area contributed by atoms with Crippen LogP contribution in [0.1, 0.15) is 16.1 Å². The van der Waals surface area contributed by atoms with Crippen molar-refractivity contribution >= 4 is 17.5 Å². The molecule has 116 valence electrons. The second-order valence-corrected chi connectivity index (χ2v) is 5.49. The first kappa shape index (κ1) is 15.2. The molecule has 23 heavy (non-hydrogen) atoms. The molecule has 0 unspecified atom stereocenters. The van der Waals surface area contributed by atoms with Crippen molar-refractivity contribution in [2.24, 2.45) is 7.05 Å². The van der Waals surface area contributed by atoms with Crippen molar-refractivity contribution < 1.29 is 4.79 Å². The average Bonchev–Trinajstić information content (AvgIpc) is 2.95. The standard InChI is InChI=1S/C17H15ClN4O/c1-22-16(15-4-2-3-9-19-15)10-14(21-22)11-20-17(23)12-5-7-13(18)8-6-12/h2-10H,11H2,1H3,(H,20,23). The number of carbonyl (C=O) groups is 1. The van der Waals surface area contributed by atoms with Gasteiger partial charge in [0.2, 0.25) is 0 Å². The Bertz CT molecular complexity index is 812. The van der Waals surface area contributed by atoms with Crippen LogP contribution in [0, 0.1) is 0 Å². The molecule has 3 rings (SSSR count). The third-order valence-electron chi connectivity index (χ3n) is 3.39. The van der Waals surface area contributed by atoms with E-state index in [1.807, 2.05) is 31.3 Å². The van der Waals surface area contributed by atoms with Crippen molar-refractivity contribution in [3.63, 3.8) is 0 Å². The Morgan fingerprint density at radius 1 is 1.22 bits per heavy atom. The van der Waals surface area contributed by atoms with Crippen molar-refractivity contribution in [1.29, 1.82) is 0 Å². The third kappa shape index (κ3) is 3.57. The quantitative estimate of drug-likeness (QED) is 0.801. The highest BCUT2D eigenvalue weighted by molar-refractivity contribution is 6.30. The molecule has 0 aliphatic heterocycles. The van der Waals surface area contributed by atoms with E-state index >= 15 is 0 Å². The van der Waals surface area contributed by atoms with Crippen molar-refractivity contribution in [2.75, 3.05) is 0 Å². The van der Waals surface area contributed by atoms with Gasteiger partial charge >= 0.3 is 0 Å². The predicted molar refractivity (Wildman–Crippen MR) is 89.1 cm³/mol. The first-order valence-electron chi connectivity index (χ1n) is 7.11. The van der Waals surface area contributed by atoms with E-state index in [9.17, 15) is 4.79 Å². The average molecular weight is 327 g/mol. The van der Waals surface area contributed by atoms with Gasteiger partial charge in [-0.25, -0.2) is 0 Å². The molecular formula is C17H15ClN4O. The van der Waals surface area contributed by atoms with Crippen LogP contribution in [0.25, 0.3) is 11.4 Å². The second-order valence-electron chi connectivity index (χ2n) is 5.05. The van der Waals surface area contributed by atoms with Crippen LogP contribution in [0.2, 0.25) is 5.02 Å². The zero-order chi connectivity index (χ0) is 16.2. The number of benzene rings is 1. The first-order chi connectivity index (χ1) is 11.1. The number of aromatic nitrogens is 3. The van der Waals surface area contributed by atoms with E-state index in [1.165, 1.54) is 0 Å². The maximum Gasteiger partial charge on any atom is 0.251 e. The SMILES string of the molecule is Cn1nc(CNC(=O)c2ccc(Cl)cc2)cc1-c1ccccn1. The molecule has 0 aliphatic rings. The van der Waals surface area contributed by atoms with Gasteiger partial charge in [-0.1, -0.05) is 17.7 Å². The summed E-state index contributed by atoms with van der Waals surface area (Å²) in [6.45, 7) is 0.349.